The number of furan rings is 1. The standard InChI is InChI=1S/C27H32NOSi.C12H10N.Ir/c1-8-27(4,9-2)21-16-17-28-25(18(21)3)20-14-15-23(30(5,6)7)24-19-12-10-11-13-22(19)29-26(20)24;1-10-7-8-13-12(9-10)11-5-3-2-4-6-11;/h10-13,15-17H,8-9H2,1-7H3;2-5,7-9H,1H3;/q2*-1;. The number of aryl methyl sites for hydroxylation is 1. The van der Waals surface area contributed by atoms with Crippen molar-refractivity contribution in [3.05, 3.63) is 114 Å². The Morgan fingerprint density at radius 1 is 0.864 bits per heavy atom. The van der Waals surface area contributed by atoms with E-state index in [4.69, 9.17) is 9.40 Å². The zero-order valence-electron chi connectivity index (χ0n) is 27.1. The molecule has 6 aromatic rings. The van der Waals surface area contributed by atoms with Gasteiger partial charge in [0.05, 0.1) is 5.58 Å². The van der Waals surface area contributed by atoms with Crippen molar-refractivity contribution in [1.29, 1.82) is 0 Å². The third kappa shape index (κ3) is 6.66. The molecule has 0 aliphatic carbocycles. The number of hydrogen-bond donors (Lipinski definition) is 0. The molecule has 229 valence electrons. The van der Waals surface area contributed by atoms with Crippen molar-refractivity contribution < 1.29 is 24.5 Å². The van der Waals surface area contributed by atoms with Gasteiger partial charge in [-0.05, 0) is 67.3 Å². The van der Waals surface area contributed by atoms with E-state index in [1.807, 2.05) is 48.8 Å². The summed E-state index contributed by atoms with van der Waals surface area (Å²) in [4.78, 5) is 9.10. The molecule has 3 heterocycles. The van der Waals surface area contributed by atoms with Crippen LogP contribution in [-0.4, -0.2) is 18.0 Å². The average Bonchev–Trinajstić information content (AvgIpc) is 3.40. The monoisotopic (exact) mass is 775 g/mol. The van der Waals surface area contributed by atoms with E-state index in [0.29, 0.717) is 0 Å². The molecule has 0 bridgehead atoms. The van der Waals surface area contributed by atoms with Gasteiger partial charge in [-0.2, -0.15) is 0 Å². The van der Waals surface area contributed by atoms with Crippen molar-refractivity contribution in [2.24, 2.45) is 0 Å². The first-order chi connectivity index (χ1) is 20.6. The van der Waals surface area contributed by atoms with Crippen molar-refractivity contribution >= 4 is 35.2 Å². The van der Waals surface area contributed by atoms with Gasteiger partial charge in [-0.15, -0.1) is 53.2 Å². The van der Waals surface area contributed by atoms with Crippen molar-refractivity contribution in [2.45, 2.75) is 72.5 Å². The minimum Gasteiger partial charge on any atom is -0.501 e. The van der Waals surface area contributed by atoms with E-state index in [9.17, 15) is 0 Å². The molecular formula is C39H42IrN2OSi-2. The smallest absolute Gasteiger partial charge is 0.120 e. The molecule has 0 N–H and O–H groups in total. The molecule has 3 nitrogen and oxygen atoms in total. The molecule has 5 heteroatoms. The quantitative estimate of drug-likeness (QED) is 0.125. The van der Waals surface area contributed by atoms with E-state index < -0.39 is 8.07 Å². The van der Waals surface area contributed by atoms with Crippen LogP contribution in [0.5, 0.6) is 0 Å². The molecule has 6 rings (SSSR count). The molecule has 3 aromatic carbocycles. The summed E-state index contributed by atoms with van der Waals surface area (Å²) in [7, 11) is -1.58. The van der Waals surface area contributed by atoms with Gasteiger partial charge < -0.3 is 14.4 Å². The number of hydrogen-bond acceptors (Lipinski definition) is 3. The Morgan fingerprint density at radius 3 is 2.23 bits per heavy atom. The summed E-state index contributed by atoms with van der Waals surface area (Å²) in [6.07, 6.45) is 5.99. The largest absolute Gasteiger partial charge is 0.501 e. The van der Waals surface area contributed by atoms with E-state index in [2.05, 4.69) is 108 Å². The minimum absolute atomic E-state index is 0. The van der Waals surface area contributed by atoms with Crippen LogP contribution in [0.15, 0.2) is 89.6 Å². The Labute approximate surface area is 277 Å². The minimum atomic E-state index is -1.58. The molecule has 1 radical (unpaired) electrons. The van der Waals surface area contributed by atoms with Gasteiger partial charge in [0.25, 0.3) is 0 Å². The molecule has 0 atom stereocenters. The van der Waals surface area contributed by atoms with E-state index in [1.54, 1.807) is 0 Å². The second-order valence-electron chi connectivity index (χ2n) is 12.7. The van der Waals surface area contributed by atoms with Crippen molar-refractivity contribution in [1.82, 2.24) is 9.97 Å². The maximum Gasteiger partial charge on any atom is 0.120 e. The fourth-order valence-electron chi connectivity index (χ4n) is 5.85. The van der Waals surface area contributed by atoms with Crippen LogP contribution < -0.4 is 5.19 Å². The van der Waals surface area contributed by atoms with Crippen molar-refractivity contribution in [3.63, 3.8) is 0 Å². The van der Waals surface area contributed by atoms with Gasteiger partial charge in [0.15, 0.2) is 0 Å². The molecule has 0 aliphatic rings. The Hall–Kier alpha value is -3.37. The first-order valence-corrected chi connectivity index (χ1v) is 18.8. The van der Waals surface area contributed by atoms with E-state index in [1.165, 1.54) is 32.6 Å². The molecular weight excluding hydrogens is 733 g/mol. The van der Waals surface area contributed by atoms with Gasteiger partial charge in [-0.1, -0.05) is 86.8 Å². The number of rotatable bonds is 6. The first kappa shape index (κ1) is 33.5. The van der Waals surface area contributed by atoms with Gasteiger partial charge in [-0.3, -0.25) is 0 Å². The second kappa shape index (κ2) is 13.7. The zero-order chi connectivity index (χ0) is 30.8. The van der Waals surface area contributed by atoms with Gasteiger partial charge in [0, 0.05) is 46.0 Å². The summed E-state index contributed by atoms with van der Waals surface area (Å²) in [5.41, 5.74) is 9.87. The number of benzene rings is 3. The number of aromatic nitrogens is 2. The third-order valence-corrected chi connectivity index (χ3v) is 10.8. The van der Waals surface area contributed by atoms with Crippen LogP contribution in [0.2, 0.25) is 19.6 Å². The van der Waals surface area contributed by atoms with Gasteiger partial charge in [-0.25, -0.2) is 0 Å². The Kier molecular flexibility index (Phi) is 10.5. The molecule has 0 aliphatic heterocycles. The van der Waals surface area contributed by atoms with E-state index >= 15 is 0 Å². The molecule has 0 unspecified atom stereocenters. The van der Waals surface area contributed by atoms with Crippen LogP contribution in [0.1, 0.15) is 50.3 Å². The van der Waals surface area contributed by atoms with Crippen LogP contribution in [-0.2, 0) is 25.5 Å². The summed E-state index contributed by atoms with van der Waals surface area (Å²) in [6.45, 7) is 18.3. The van der Waals surface area contributed by atoms with Crippen LogP contribution in [0.3, 0.4) is 0 Å². The number of fused-ring (bicyclic) bond motifs is 3. The van der Waals surface area contributed by atoms with Crippen LogP contribution >= 0.6 is 0 Å². The first-order valence-electron chi connectivity index (χ1n) is 15.3. The number of nitrogens with zero attached hydrogens (tertiary/aromatic N) is 2. The van der Waals surface area contributed by atoms with Crippen LogP contribution in [0, 0.1) is 26.0 Å². The summed E-state index contributed by atoms with van der Waals surface area (Å²) in [6, 6.07) is 31.5. The van der Waals surface area contributed by atoms with E-state index in [0.717, 1.165) is 46.5 Å². The molecule has 0 fully saturated rings. The van der Waals surface area contributed by atoms with Crippen molar-refractivity contribution in [2.75, 3.05) is 0 Å². The molecule has 0 saturated carbocycles. The second-order valence-corrected chi connectivity index (χ2v) is 17.8. The summed E-state index contributed by atoms with van der Waals surface area (Å²) >= 11 is 0. The molecule has 0 saturated heterocycles. The topological polar surface area (TPSA) is 38.9 Å². The van der Waals surface area contributed by atoms with E-state index in [-0.39, 0.29) is 25.5 Å². The summed E-state index contributed by atoms with van der Waals surface area (Å²) in [5.74, 6) is 0. The normalized spacial score (nSPS) is 11.6. The Balaban J connectivity index is 0.000000264. The van der Waals surface area contributed by atoms with Crippen LogP contribution in [0.4, 0.5) is 0 Å². The zero-order valence-corrected chi connectivity index (χ0v) is 30.5. The molecule has 3 aromatic heterocycles. The van der Waals surface area contributed by atoms with Crippen LogP contribution in [0.25, 0.3) is 44.5 Å². The number of pyridine rings is 2. The average molecular weight is 775 g/mol. The number of para-hydroxylation sites is 1. The van der Waals surface area contributed by atoms with Gasteiger partial charge in [0.1, 0.15) is 5.58 Å². The SMILES string of the molecule is CCC(C)(CC)c1ccnc(-c2[c-]cc([Si](C)(C)C)c3c2oc2ccccc23)c1C.Cc1ccnc(-c2[c-]cccc2)c1.[Ir]. The Bertz CT molecular complexity index is 1870. The maximum absolute atomic E-state index is 6.46. The maximum atomic E-state index is 6.46. The third-order valence-electron chi connectivity index (χ3n) is 8.81. The predicted octanol–water partition coefficient (Wildman–Crippen LogP) is 10.2. The molecule has 0 amide bonds. The predicted molar refractivity (Wildman–Crippen MR) is 185 cm³/mol. The van der Waals surface area contributed by atoms with Gasteiger partial charge >= 0.3 is 0 Å². The fourth-order valence-corrected chi connectivity index (χ4v) is 7.35. The molecule has 0 spiro atoms. The van der Waals surface area contributed by atoms with Crippen molar-refractivity contribution in [3.8, 4) is 22.5 Å². The summed E-state index contributed by atoms with van der Waals surface area (Å²) in [5, 5.41) is 3.84. The van der Waals surface area contributed by atoms with Gasteiger partial charge in [0.2, 0.25) is 0 Å². The summed E-state index contributed by atoms with van der Waals surface area (Å²) < 4.78 is 6.46. The fraction of sp³-hybridized carbons (Fsp3) is 0.282. The Morgan fingerprint density at radius 2 is 1.57 bits per heavy atom. The molecule has 44 heavy (non-hydrogen) atoms.